The number of terminal acetylenes is 1. The summed E-state index contributed by atoms with van der Waals surface area (Å²) in [7, 11) is 0. The van der Waals surface area contributed by atoms with Crippen LogP contribution >= 0.6 is 0 Å². The van der Waals surface area contributed by atoms with Gasteiger partial charge in [-0.2, -0.15) is 0 Å². The van der Waals surface area contributed by atoms with Gasteiger partial charge in [-0.05, 0) is 12.1 Å². The summed E-state index contributed by atoms with van der Waals surface area (Å²) in [6.45, 7) is 8.00. The molecular weight excluding hydrogens is 254 g/mol. The van der Waals surface area contributed by atoms with Gasteiger partial charge in [-0.25, -0.2) is 0 Å². The van der Waals surface area contributed by atoms with Gasteiger partial charge >= 0.3 is 0 Å². The van der Waals surface area contributed by atoms with E-state index in [9.17, 15) is 4.79 Å². The fraction of sp³-hybridized carbons (Fsp3) is 0.188. The van der Waals surface area contributed by atoms with Gasteiger partial charge in [-0.15, -0.1) is 6.42 Å². The first-order chi connectivity index (χ1) is 9.71. The zero-order valence-corrected chi connectivity index (χ0v) is 11.2. The highest BCUT2D eigenvalue weighted by atomic mass is 16.5. The van der Waals surface area contributed by atoms with Crippen molar-refractivity contribution < 1.29 is 14.3 Å². The van der Waals surface area contributed by atoms with Crippen LogP contribution in [0, 0.1) is 12.3 Å². The first-order valence-corrected chi connectivity index (χ1v) is 6.05. The molecule has 0 radical (unpaired) electrons. The van der Waals surface area contributed by atoms with Crippen molar-refractivity contribution in [3.05, 3.63) is 49.1 Å². The van der Waals surface area contributed by atoms with Crippen LogP contribution in [0.2, 0.25) is 0 Å². The average molecular weight is 271 g/mol. The number of hydrogen-bond donors (Lipinski definition) is 1. The van der Waals surface area contributed by atoms with E-state index >= 15 is 0 Å². The molecule has 1 aromatic carbocycles. The Morgan fingerprint density at radius 3 is 2.20 bits per heavy atom. The molecular formula is C16H17NO3. The molecule has 4 nitrogen and oxygen atoms in total. The Bertz CT molecular complexity index is 499. The minimum Gasteiger partial charge on any atom is -0.489 e. The number of amides is 1. The molecule has 0 aliphatic carbocycles. The van der Waals surface area contributed by atoms with Crippen molar-refractivity contribution in [3.8, 4) is 23.8 Å². The highest BCUT2D eigenvalue weighted by Crippen LogP contribution is 2.23. The van der Waals surface area contributed by atoms with Crippen LogP contribution < -0.4 is 14.8 Å². The van der Waals surface area contributed by atoms with Crippen LogP contribution in [0.25, 0.3) is 0 Å². The zero-order valence-electron chi connectivity index (χ0n) is 11.2. The smallest absolute Gasteiger partial charge is 0.252 e. The predicted octanol–water partition coefficient (Wildman–Crippen LogP) is 2.18. The van der Waals surface area contributed by atoms with E-state index in [1.165, 1.54) is 0 Å². The van der Waals surface area contributed by atoms with Crippen molar-refractivity contribution in [3.63, 3.8) is 0 Å². The second kappa shape index (κ2) is 8.44. The molecule has 0 aliphatic heterocycles. The fourth-order valence-corrected chi connectivity index (χ4v) is 1.41. The lowest BCUT2D eigenvalue weighted by Crippen LogP contribution is -2.23. The third kappa shape index (κ3) is 4.91. The van der Waals surface area contributed by atoms with Gasteiger partial charge in [0.05, 0.1) is 6.54 Å². The molecule has 0 unspecified atom stereocenters. The predicted molar refractivity (Wildman–Crippen MR) is 79.0 cm³/mol. The molecule has 0 heterocycles. The summed E-state index contributed by atoms with van der Waals surface area (Å²) in [5.41, 5.74) is 0.417. The molecule has 20 heavy (non-hydrogen) atoms. The summed E-state index contributed by atoms with van der Waals surface area (Å²) in [4.78, 5) is 11.9. The Morgan fingerprint density at radius 2 is 1.75 bits per heavy atom. The van der Waals surface area contributed by atoms with Crippen molar-refractivity contribution in [2.45, 2.75) is 0 Å². The maximum Gasteiger partial charge on any atom is 0.252 e. The summed E-state index contributed by atoms with van der Waals surface area (Å²) in [6.07, 6.45) is 8.35. The number of carbonyl (C=O) groups excluding carboxylic acids is 1. The number of benzene rings is 1. The fourth-order valence-electron chi connectivity index (χ4n) is 1.41. The molecule has 0 aromatic heterocycles. The summed E-state index contributed by atoms with van der Waals surface area (Å²) in [5.74, 6) is 3.11. The van der Waals surface area contributed by atoms with Crippen LogP contribution in [0.1, 0.15) is 10.4 Å². The van der Waals surface area contributed by atoms with Crippen molar-refractivity contribution in [1.29, 1.82) is 0 Å². The molecule has 1 N–H and O–H groups in total. The van der Waals surface area contributed by atoms with Crippen molar-refractivity contribution >= 4 is 5.91 Å². The standard InChI is InChI=1S/C16H17NO3/c1-4-7-17-16(18)13-10-14(19-8-5-2)12-15(11-13)20-9-6-3/h1,5-6,10-12H,2-3,7-9H2,(H,17,18). The SMILES string of the molecule is C#CCNC(=O)c1cc(OCC=C)cc(OCC=C)c1. The lowest BCUT2D eigenvalue weighted by Gasteiger charge is -2.10. The van der Waals surface area contributed by atoms with E-state index in [0.717, 1.165) is 0 Å². The number of rotatable bonds is 8. The Morgan fingerprint density at radius 1 is 1.20 bits per heavy atom. The van der Waals surface area contributed by atoms with Gasteiger partial charge in [0.2, 0.25) is 0 Å². The molecule has 0 saturated heterocycles. The molecule has 0 spiro atoms. The molecule has 0 atom stereocenters. The van der Waals surface area contributed by atoms with Gasteiger partial charge in [0.25, 0.3) is 5.91 Å². The summed E-state index contributed by atoms with van der Waals surface area (Å²) >= 11 is 0. The highest BCUT2D eigenvalue weighted by Gasteiger charge is 2.09. The van der Waals surface area contributed by atoms with Crippen LogP contribution in [0.15, 0.2) is 43.5 Å². The Hall–Kier alpha value is -2.67. The van der Waals surface area contributed by atoms with Crippen molar-refractivity contribution in [2.24, 2.45) is 0 Å². The Kier molecular flexibility index (Phi) is 6.49. The quantitative estimate of drug-likeness (QED) is 0.582. The molecule has 1 amide bonds. The summed E-state index contributed by atoms with van der Waals surface area (Å²) < 4.78 is 10.9. The van der Waals surface area contributed by atoms with E-state index in [4.69, 9.17) is 15.9 Å². The van der Waals surface area contributed by atoms with Crippen molar-refractivity contribution in [2.75, 3.05) is 19.8 Å². The largest absolute Gasteiger partial charge is 0.489 e. The van der Waals surface area contributed by atoms with Crippen LogP contribution in [0.4, 0.5) is 0 Å². The Labute approximate surface area is 119 Å². The van der Waals surface area contributed by atoms with E-state index in [0.29, 0.717) is 30.3 Å². The summed E-state index contributed by atoms with van der Waals surface area (Å²) in [5, 5.41) is 2.59. The first-order valence-electron chi connectivity index (χ1n) is 6.05. The normalized spacial score (nSPS) is 9.15. The van der Waals surface area contributed by atoms with Gasteiger partial charge in [-0.1, -0.05) is 31.2 Å². The Balaban J connectivity index is 2.95. The highest BCUT2D eigenvalue weighted by molar-refractivity contribution is 5.95. The lowest BCUT2D eigenvalue weighted by atomic mass is 10.2. The number of hydrogen-bond acceptors (Lipinski definition) is 3. The van der Waals surface area contributed by atoms with E-state index < -0.39 is 0 Å². The van der Waals surface area contributed by atoms with Crippen LogP contribution in [0.3, 0.4) is 0 Å². The molecule has 0 bridgehead atoms. The van der Waals surface area contributed by atoms with E-state index in [2.05, 4.69) is 24.4 Å². The summed E-state index contributed by atoms with van der Waals surface area (Å²) in [6, 6.07) is 4.94. The molecule has 0 fully saturated rings. The van der Waals surface area contributed by atoms with E-state index in [1.807, 2.05) is 0 Å². The van der Waals surface area contributed by atoms with E-state index in [1.54, 1.807) is 30.4 Å². The van der Waals surface area contributed by atoms with Crippen LogP contribution in [0.5, 0.6) is 11.5 Å². The third-order valence-corrected chi connectivity index (χ3v) is 2.23. The lowest BCUT2D eigenvalue weighted by molar-refractivity contribution is 0.0958. The molecule has 104 valence electrons. The average Bonchev–Trinajstić information content (AvgIpc) is 2.48. The topological polar surface area (TPSA) is 47.6 Å². The maximum atomic E-state index is 11.9. The minimum absolute atomic E-state index is 0.166. The van der Waals surface area contributed by atoms with Gasteiger partial charge in [-0.3, -0.25) is 4.79 Å². The zero-order chi connectivity index (χ0) is 14.8. The van der Waals surface area contributed by atoms with Gasteiger partial charge in [0.15, 0.2) is 0 Å². The molecule has 0 saturated carbocycles. The van der Waals surface area contributed by atoms with Crippen LogP contribution in [-0.2, 0) is 0 Å². The monoisotopic (exact) mass is 271 g/mol. The van der Waals surface area contributed by atoms with Gasteiger partial charge in [0, 0.05) is 11.6 Å². The van der Waals surface area contributed by atoms with Crippen LogP contribution in [-0.4, -0.2) is 25.7 Å². The second-order valence-electron chi connectivity index (χ2n) is 3.78. The molecule has 1 aromatic rings. The van der Waals surface area contributed by atoms with Crippen molar-refractivity contribution in [1.82, 2.24) is 5.32 Å². The van der Waals surface area contributed by atoms with Gasteiger partial charge < -0.3 is 14.8 Å². The number of ether oxygens (including phenoxy) is 2. The molecule has 0 aliphatic rings. The maximum absolute atomic E-state index is 11.9. The van der Waals surface area contributed by atoms with Gasteiger partial charge in [0.1, 0.15) is 24.7 Å². The third-order valence-electron chi connectivity index (χ3n) is 2.23. The second-order valence-corrected chi connectivity index (χ2v) is 3.78. The number of nitrogens with one attached hydrogen (secondary N) is 1. The molecule has 1 rings (SSSR count). The molecule has 4 heteroatoms. The number of carbonyl (C=O) groups is 1. The van der Waals surface area contributed by atoms with E-state index in [-0.39, 0.29) is 12.5 Å². The minimum atomic E-state index is -0.282. The first kappa shape index (κ1) is 15.4.